The van der Waals surface area contributed by atoms with Crippen LogP contribution in [0.15, 0.2) is 36.5 Å². The van der Waals surface area contributed by atoms with Crippen LogP contribution in [0.4, 0.5) is 0 Å². The Morgan fingerprint density at radius 3 is 2.85 bits per heavy atom. The molecule has 0 aliphatic heterocycles. The number of nitrogens with one attached hydrogen (secondary N) is 1. The molecular weight excluding hydrogens is 258 g/mol. The number of fused-ring (bicyclic) bond motifs is 1. The van der Waals surface area contributed by atoms with E-state index in [-0.39, 0.29) is 11.6 Å². The van der Waals surface area contributed by atoms with Gasteiger partial charge in [0.1, 0.15) is 0 Å². The van der Waals surface area contributed by atoms with Gasteiger partial charge in [-0.2, -0.15) is 4.98 Å². The Labute approximate surface area is 114 Å². The number of carboxylic acids is 1. The number of ether oxygens (including phenoxy) is 1. The van der Waals surface area contributed by atoms with Crippen molar-refractivity contribution in [3.8, 4) is 17.3 Å². The van der Waals surface area contributed by atoms with Crippen molar-refractivity contribution in [2.75, 3.05) is 7.11 Å². The predicted molar refractivity (Wildman–Crippen MR) is 72.8 cm³/mol. The van der Waals surface area contributed by atoms with Gasteiger partial charge in [-0.1, -0.05) is 18.2 Å². The Morgan fingerprint density at radius 1 is 1.30 bits per heavy atom. The lowest BCUT2D eigenvalue weighted by atomic mass is 10.1. The third-order valence-electron chi connectivity index (χ3n) is 2.96. The van der Waals surface area contributed by atoms with E-state index >= 15 is 0 Å². The molecule has 0 bridgehead atoms. The lowest BCUT2D eigenvalue weighted by Gasteiger charge is -2.04. The maximum Gasteiger partial charge on any atom is 0.354 e. The monoisotopic (exact) mass is 269 g/mol. The SMILES string of the molecule is COc1cc(C(=O)O)nc(-c2c[nH]c3ccccc23)n1. The third kappa shape index (κ3) is 1.97. The van der Waals surface area contributed by atoms with Crippen LogP contribution in [-0.4, -0.2) is 33.1 Å². The van der Waals surface area contributed by atoms with Crippen LogP contribution in [0, 0.1) is 0 Å². The summed E-state index contributed by atoms with van der Waals surface area (Å²) in [5.41, 5.74) is 1.57. The molecule has 3 aromatic rings. The molecule has 1 aromatic carbocycles. The summed E-state index contributed by atoms with van der Waals surface area (Å²) in [4.78, 5) is 22.5. The molecule has 20 heavy (non-hydrogen) atoms. The van der Waals surface area contributed by atoms with Gasteiger partial charge in [0.2, 0.25) is 5.88 Å². The topological polar surface area (TPSA) is 88.1 Å². The quantitative estimate of drug-likeness (QED) is 0.761. The summed E-state index contributed by atoms with van der Waals surface area (Å²) in [5.74, 6) is -0.580. The fourth-order valence-electron chi connectivity index (χ4n) is 2.02. The van der Waals surface area contributed by atoms with Crippen molar-refractivity contribution < 1.29 is 14.6 Å². The zero-order chi connectivity index (χ0) is 14.1. The number of aromatic carboxylic acids is 1. The van der Waals surface area contributed by atoms with Gasteiger partial charge >= 0.3 is 5.97 Å². The average Bonchev–Trinajstić information content (AvgIpc) is 2.90. The molecule has 0 spiro atoms. The standard InChI is InChI=1S/C14H11N3O3/c1-20-12-6-11(14(18)19)16-13(17-12)9-7-15-10-5-3-2-4-8(9)10/h2-7,15H,1H3,(H,18,19). The molecule has 0 aliphatic rings. The zero-order valence-electron chi connectivity index (χ0n) is 10.6. The molecule has 0 saturated heterocycles. The van der Waals surface area contributed by atoms with Crippen LogP contribution in [0.2, 0.25) is 0 Å². The van der Waals surface area contributed by atoms with Gasteiger partial charge in [0.05, 0.1) is 7.11 Å². The summed E-state index contributed by atoms with van der Waals surface area (Å²) in [5, 5.41) is 10.0. The number of carboxylic acid groups (broad SMARTS) is 1. The van der Waals surface area contributed by atoms with E-state index in [1.54, 1.807) is 6.20 Å². The third-order valence-corrected chi connectivity index (χ3v) is 2.96. The first-order chi connectivity index (χ1) is 9.69. The minimum atomic E-state index is -1.12. The lowest BCUT2D eigenvalue weighted by molar-refractivity contribution is 0.0690. The Kier molecular flexibility index (Phi) is 2.83. The number of carbonyl (C=O) groups is 1. The molecule has 0 aliphatic carbocycles. The summed E-state index contributed by atoms with van der Waals surface area (Å²) >= 11 is 0. The number of rotatable bonds is 3. The van der Waals surface area contributed by atoms with Crippen molar-refractivity contribution in [1.29, 1.82) is 0 Å². The van der Waals surface area contributed by atoms with Gasteiger partial charge in [-0.3, -0.25) is 0 Å². The van der Waals surface area contributed by atoms with Crippen molar-refractivity contribution in [3.63, 3.8) is 0 Å². The smallest absolute Gasteiger partial charge is 0.354 e. The molecular formula is C14H11N3O3. The van der Waals surface area contributed by atoms with Crippen molar-refractivity contribution in [3.05, 3.63) is 42.2 Å². The largest absolute Gasteiger partial charge is 0.481 e. The van der Waals surface area contributed by atoms with Crippen LogP contribution in [0.3, 0.4) is 0 Å². The molecule has 6 nitrogen and oxygen atoms in total. The van der Waals surface area contributed by atoms with Crippen molar-refractivity contribution in [2.24, 2.45) is 0 Å². The number of aromatic nitrogens is 3. The molecule has 0 atom stereocenters. The van der Waals surface area contributed by atoms with E-state index in [2.05, 4.69) is 15.0 Å². The van der Waals surface area contributed by atoms with E-state index in [9.17, 15) is 4.79 Å². The van der Waals surface area contributed by atoms with Crippen LogP contribution in [0.5, 0.6) is 5.88 Å². The normalized spacial score (nSPS) is 10.7. The van der Waals surface area contributed by atoms with E-state index in [4.69, 9.17) is 9.84 Å². The Balaban J connectivity index is 2.23. The van der Waals surface area contributed by atoms with Crippen molar-refractivity contribution >= 4 is 16.9 Å². The number of methoxy groups -OCH3 is 1. The van der Waals surface area contributed by atoms with Crippen LogP contribution in [0.25, 0.3) is 22.3 Å². The van der Waals surface area contributed by atoms with E-state index in [0.717, 1.165) is 16.5 Å². The fourth-order valence-corrected chi connectivity index (χ4v) is 2.02. The number of nitrogens with zero attached hydrogens (tertiary/aromatic N) is 2. The number of benzene rings is 1. The molecule has 2 N–H and O–H groups in total. The van der Waals surface area contributed by atoms with Gasteiger partial charge in [0.25, 0.3) is 0 Å². The molecule has 0 unspecified atom stereocenters. The van der Waals surface area contributed by atoms with Gasteiger partial charge in [0, 0.05) is 28.7 Å². The molecule has 6 heteroatoms. The lowest BCUT2D eigenvalue weighted by Crippen LogP contribution is -2.04. The molecule has 0 fully saturated rings. The maximum absolute atomic E-state index is 11.1. The molecule has 100 valence electrons. The second-order valence-corrected chi connectivity index (χ2v) is 4.17. The number of hydrogen-bond donors (Lipinski definition) is 2. The molecule has 0 radical (unpaired) electrons. The molecule has 3 rings (SSSR count). The summed E-state index contributed by atoms with van der Waals surface area (Å²) in [7, 11) is 1.44. The zero-order valence-corrected chi connectivity index (χ0v) is 10.6. The van der Waals surface area contributed by atoms with E-state index in [1.807, 2.05) is 24.3 Å². The second-order valence-electron chi connectivity index (χ2n) is 4.17. The van der Waals surface area contributed by atoms with Gasteiger partial charge in [0.15, 0.2) is 11.5 Å². The summed E-state index contributed by atoms with van der Waals surface area (Å²) in [6.45, 7) is 0. The predicted octanol–water partition coefficient (Wildman–Crippen LogP) is 2.33. The number of H-pyrrole nitrogens is 1. The molecule has 0 amide bonds. The first kappa shape index (κ1) is 12.2. The summed E-state index contributed by atoms with van der Waals surface area (Å²) in [6, 6.07) is 8.96. The van der Waals surface area contributed by atoms with Gasteiger partial charge < -0.3 is 14.8 Å². The van der Waals surface area contributed by atoms with Crippen LogP contribution >= 0.6 is 0 Å². The van der Waals surface area contributed by atoms with Crippen LogP contribution < -0.4 is 4.74 Å². The highest BCUT2D eigenvalue weighted by molar-refractivity contribution is 5.94. The fraction of sp³-hybridized carbons (Fsp3) is 0.0714. The second kappa shape index (κ2) is 4.65. The molecule has 2 heterocycles. The first-order valence-corrected chi connectivity index (χ1v) is 5.92. The van der Waals surface area contributed by atoms with Crippen molar-refractivity contribution in [2.45, 2.75) is 0 Å². The summed E-state index contributed by atoms with van der Waals surface area (Å²) in [6.07, 6.45) is 1.76. The Bertz CT molecular complexity index is 795. The molecule has 2 aromatic heterocycles. The van der Waals surface area contributed by atoms with Crippen LogP contribution in [-0.2, 0) is 0 Å². The van der Waals surface area contributed by atoms with E-state index in [0.29, 0.717) is 5.82 Å². The highest BCUT2D eigenvalue weighted by Gasteiger charge is 2.14. The Morgan fingerprint density at radius 2 is 2.10 bits per heavy atom. The van der Waals surface area contributed by atoms with Gasteiger partial charge in [-0.15, -0.1) is 0 Å². The molecule has 0 saturated carbocycles. The highest BCUT2D eigenvalue weighted by atomic mass is 16.5. The summed E-state index contributed by atoms with van der Waals surface area (Å²) < 4.78 is 5.03. The van der Waals surface area contributed by atoms with Gasteiger partial charge in [-0.05, 0) is 6.07 Å². The maximum atomic E-state index is 11.1. The first-order valence-electron chi connectivity index (χ1n) is 5.92. The van der Waals surface area contributed by atoms with E-state index in [1.165, 1.54) is 13.2 Å². The number of aromatic amines is 1. The van der Waals surface area contributed by atoms with E-state index < -0.39 is 5.97 Å². The Hall–Kier alpha value is -2.89. The average molecular weight is 269 g/mol. The number of hydrogen-bond acceptors (Lipinski definition) is 4. The minimum Gasteiger partial charge on any atom is -0.481 e. The highest BCUT2D eigenvalue weighted by Crippen LogP contribution is 2.27. The minimum absolute atomic E-state index is 0.0999. The number of para-hydroxylation sites is 1. The van der Waals surface area contributed by atoms with Gasteiger partial charge in [-0.25, -0.2) is 9.78 Å². The van der Waals surface area contributed by atoms with Crippen LogP contribution in [0.1, 0.15) is 10.5 Å². The van der Waals surface area contributed by atoms with Crippen molar-refractivity contribution in [1.82, 2.24) is 15.0 Å².